The summed E-state index contributed by atoms with van der Waals surface area (Å²) in [4.78, 5) is 12.4. The van der Waals surface area contributed by atoms with E-state index in [-0.39, 0.29) is 11.9 Å². The van der Waals surface area contributed by atoms with Crippen molar-refractivity contribution in [3.8, 4) is 11.5 Å². The van der Waals surface area contributed by atoms with Gasteiger partial charge in [-0.05, 0) is 38.3 Å². The molecule has 4 rings (SSSR count). The molecule has 7 nitrogen and oxygen atoms in total. The molecule has 1 aromatic carbocycles. The van der Waals surface area contributed by atoms with Crippen molar-refractivity contribution in [1.82, 2.24) is 25.3 Å². The van der Waals surface area contributed by atoms with Crippen molar-refractivity contribution in [1.29, 1.82) is 0 Å². The number of amides is 1. The standard InChI is InChI=1S/C20H23N5O2/c1-13-6-8-14(9-7-13)20-24-23-19(27-20)11-10-18(26)22-16-4-3-5-17-15(16)12-21-25(17)2/h6-9,12,16H,3-5,10-11H2,1-2H3,(H,22,26). The first kappa shape index (κ1) is 17.5. The highest BCUT2D eigenvalue weighted by atomic mass is 16.4. The van der Waals surface area contributed by atoms with Gasteiger partial charge >= 0.3 is 0 Å². The topological polar surface area (TPSA) is 85.8 Å². The van der Waals surface area contributed by atoms with Crippen LogP contribution in [0.1, 0.15) is 48.0 Å². The van der Waals surface area contributed by atoms with Crippen LogP contribution in [0.2, 0.25) is 0 Å². The molecule has 1 aliphatic carbocycles. The predicted molar refractivity (Wildman–Crippen MR) is 99.8 cm³/mol. The Labute approximate surface area is 157 Å². The number of fused-ring (bicyclic) bond motifs is 1. The van der Waals surface area contributed by atoms with Gasteiger partial charge in [-0.25, -0.2) is 0 Å². The van der Waals surface area contributed by atoms with E-state index in [0.717, 1.165) is 30.4 Å². The lowest BCUT2D eigenvalue weighted by Crippen LogP contribution is -2.31. The molecule has 1 aliphatic rings. The quantitative estimate of drug-likeness (QED) is 0.751. The lowest BCUT2D eigenvalue weighted by atomic mass is 9.93. The predicted octanol–water partition coefficient (Wildman–Crippen LogP) is 2.90. The fourth-order valence-corrected chi connectivity index (χ4v) is 3.51. The SMILES string of the molecule is Cc1ccc(-c2nnc(CCC(=O)NC3CCCc4c3cnn4C)o2)cc1. The number of rotatable bonds is 5. The number of carbonyl (C=O) groups is 1. The van der Waals surface area contributed by atoms with Gasteiger partial charge in [0.2, 0.25) is 17.7 Å². The molecular formula is C20H23N5O2. The number of hydrogen-bond donors (Lipinski definition) is 1. The van der Waals surface area contributed by atoms with Crippen molar-refractivity contribution < 1.29 is 9.21 Å². The number of carbonyl (C=O) groups excluding carboxylic acids is 1. The van der Waals surface area contributed by atoms with Crippen LogP contribution in [0.4, 0.5) is 0 Å². The maximum atomic E-state index is 12.4. The second kappa shape index (κ2) is 7.34. The Hall–Kier alpha value is -2.96. The maximum absolute atomic E-state index is 12.4. The third-order valence-corrected chi connectivity index (χ3v) is 5.04. The second-order valence-corrected chi connectivity index (χ2v) is 7.05. The van der Waals surface area contributed by atoms with Crippen LogP contribution >= 0.6 is 0 Å². The van der Waals surface area contributed by atoms with Gasteiger partial charge in [-0.15, -0.1) is 10.2 Å². The summed E-state index contributed by atoms with van der Waals surface area (Å²) in [5.41, 5.74) is 4.41. The molecule has 0 spiro atoms. The number of hydrogen-bond acceptors (Lipinski definition) is 5. The summed E-state index contributed by atoms with van der Waals surface area (Å²) in [6.07, 6.45) is 5.63. The summed E-state index contributed by atoms with van der Waals surface area (Å²) >= 11 is 0. The second-order valence-electron chi connectivity index (χ2n) is 7.05. The number of benzene rings is 1. The zero-order valence-corrected chi connectivity index (χ0v) is 15.6. The molecule has 1 N–H and O–H groups in total. The Balaban J connectivity index is 1.34. The fraction of sp³-hybridized carbons (Fsp3) is 0.400. The lowest BCUT2D eigenvalue weighted by Gasteiger charge is -2.23. The van der Waals surface area contributed by atoms with Crippen LogP contribution in [-0.2, 0) is 24.7 Å². The van der Waals surface area contributed by atoms with Crippen molar-refractivity contribution >= 4 is 5.91 Å². The first-order valence-corrected chi connectivity index (χ1v) is 9.29. The minimum Gasteiger partial charge on any atom is -0.421 e. The summed E-state index contributed by atoms with van der Waals surface area (Å²) in [7, 11) is 1.95. The van der Waals surface area contributed by atoms with Gasteiger partial charge in [0.1, 0.15) is 0 Å². The Bertz CT molecular complexity index is 942. The minimum absolute atomic E-state index is 0.00760. The van der Waals surface area contributed by atoms with Gasteiger partial charge < -0.3 is 9.73 Å². The Kier molecular flexibility index (Phi) is 4.75. The normalized spacial score (nSPS) is 16.1. The van der Waals surface area contributed by atoms with Crippen LogP contribution in [0.3, 0.4) is 0 Å². The van der Waals surface area contributed by atoms with E-state index in [9.17, 15) is 4.79 Å². The van der Waals surface area contributed by atoms with Gasteiger partial charge in [-0.2, -0.15) is 5.10 Å². The van der Waals surface area contributed by atoms with E-state index in [4.69, 9.17) is 4.42 Å². The molecule has 27 heavy (non-hydrogen) atoms. The van der Waals surface area contributed by atoms with Crippen molar-refractivity contribution in [2.75, 3.05) is 0 Å². The zero-order chi connectivity index (χ0) is 18.8. The molecule has 2 heterocycles. The van der Waals surface area contributed by atoms with Crippen LogP contribution in [0.25, 0.3) is 11.5 Å². The largest absolute Gasteiger partial charge is 0.421 e. The first-order chi connectivity index (χ1) is 13.1. The van der Waals surface area contributed by atoms with Gasteiger partial charge in [0.15, 0.2) is 0 Å². The smallest absolute Gasteiger partial charge is 0.247 e. The summed E-state index contributed by atoms with van der Waals surface area (Å²) in [6, 6.07) is 7.95. The Morgan fingerprint density at radius 1 is 1.30 bits per heavy atom. The summed E-state index contributed by atoms with van der Waals surface area (Å²) in [5.74, 6) is 0.955. The van der Waals surface area contributed by atoms with E-state index in [1.165, 1.54) is 11.3 Å². The molecule has 0 saturated heterocycles. The number of aryl methyl sites for hydroxylation is 3. The van der Waals surface area contributed by atoms with Crippen molar-refractivity contribution in [2.24, 2.45) is 7.05 Å². The Morgan fingerprint density at radius 3 is 2.93 bits per heavy atom. The van der Waals surface area contributed by atoms with Crippen LogP contribution in [0.5, 0.6) is 0 Å². The van der Waals surface area contributed by atoms with Crippen molar-refractivity contribution in [3.05, 3.63) is 53.2 Å². The summed E-state index contributed by atoms with van der Waals surface area (Å²) in [5, 5.41) is 15.6. The minimum atomic E-state index is -0.00760. The molecule has 140 valence electrons. The highest BCUT2D eigenvalue weighted by molar-refractivity contribution is 5.76. The third kappa shape index (κ3) is 3.77. The van der Waals surface area contributed by atoms with Gasteiger partial charge in [-0.1, -0.05) is 17.7 Å². The molecule has 0 radical (unpaired) electrons. The number of nitrogens with one attached hydrogen (secondary N) is 1. The zero-order valence-electron chi connectivity index (χ0n) is 15.6. The van der Waals surface area contributed by atoms with Gasteiger partial charge in [-0.3, -0.25) is 9.48 Å². The van der Waals surface area contributed by atoms with Gasteiger partial charge in [0.05, 0.1) is 12.2 Å². The molecule has 1 atom stereocenters. The molecule has 1 amide bonds. The van der Waals surface area contributed by atoms with E-state index >= 15 is 0 Å². The maximum Gasteiger partial charge on any atom is 0.247 e. The van der Waals surface area contributed by atoms with E-state index in [0.29, 0.717) is 24.6 Å². The number of nitrogens with zero attached hydrogens (tertiary/aromatic N) is 4. The van der Waals surface area contributed by atoms with Gasteiger partial charge in [0, 0.05) is 36.7 Å². The molecule has 0 aliphatic heterocycles. The number of aromatic nitrogens is 4. The molecule has 0 saturated carbocycles. The fourth-order valence-electron chi connectivity index (χ4n) is 3.51. The summed E-state index contributed by atoms with van der Waals surface area (Å²) in [6.45, 7) is 2.03. The average molecular weight is 365 g/mol. The van der Waals surface area contributed by atoms with Crippen LogP contribution < -0.4 is 5.32 Å². The summed E-state index contributed by atoms with van der Waals surface area (Å²) < 4.78 is 7.60. The highest BCUT2D eigenvalue weighted by Crippen LogP contribution is 2.29. The van der Waals surface area contributed by atoms with E-state index < -0.39 is 0 Å². The molecule has 0 bridgehead atoms. The molecule has 3 aromatic rings. The van der Waals surface area contributed by atoms with Crippen LogP contribution in [0.15, 0.2) is 34.9 Å². The molecule has 1 unspecified atom stereocenters. The van der Waals surface area contributed by atoms with Gasteiger partial charge in [0.25, 0.3) is 0 Å². The van der Waals surface area contributed by atoms with E-state index in [1.807, 2.05) is 49.1 Å². The van der Waals surface area contributed by atoms with Crippen molar-refractivity contribution in [2.45, 2.75) is 45.1 Å². The van der Waals surface area contributed by atoms with E-state index in [1.54, 1.807) is 0 Å². The third-order valence-electron chi connectivity index (χ3n) is 5.04. The van der Waals surface area contributed by atoms with E-state index in [2.05, 4.69) is 20.6 Å². The first-order valence-electron chi connectivity index (χ1n) is 9.29. The average Bonchev–Trinajstić information content (AvgIpc) is 3.29. The van der Waals surface area contributed by atoms with Crippen LogP contribution in [0, 0.1) is 6.92 Å². The molecular weight excluding hydrogens is 342 g/mol. The Morgan fingerprint density at radius 2 is 2.11 bits per heavy atom. The molecule has 7 heteroatoms. The van der Waals surface area contributed by atoms with Crippen molar-refractivity contribution in [3.63, 3.8) is 0 Å². The molecule has 2 aromatic heterocycles. The highest BCUT2D eigenvalue weighted by Gasteiger charge is 2.24. The lowest BCUT2D eigenvalue weighted by molar-refractivity contribution is -0.122. The molecule has 0 fully saturated rings. The monoisotopic (exact) mass is 365 g/mol. The van der Waals surface area contributed by atoms with Crippen LogP contribution in [-0.4, -0.2) is 25.9 Å².